The molecule has 0 heterocycles. The maximum atomic E-state index is 12.4. The Bertz CT molecular complexity index is 840. The van der Waals surface area contributed by atoms with Gasteiger partial charge in [-0.25, -0.2) is 13.1 Å². The fourth-order valence-corrected chi connectivity index (χ4v) is 3.75. The van der Waals surface area contributed by atoms with Gasteiger partial charge in [0.1, 0.15) is 5.75 Å². The minimum Gasteiger partial charge on any atom is -0.497 e. The van der Waals surface area contributed by atoms with Gasteiger partial charge in [-0.15, -0.1) is 0 Å². The molecule has 140 valence electrons. The van der Waals surface area contributed by atoms with Crippen molar-refractivity contribution < 1.29 is 17.9 Å². The van der Waals surface area contributed by atoms with Gasteiger partial charge in [-0.3, -0.25) is 4.79 Å². The van der Waals surface area contributed by atoms with Gasteiger partial charge in [0, 0.05) is 6.42 Å². The van der Waals surface area contributed by atoms with E-state index >= 15 is 0 Å². The van der Waals surface area contributed by atoms with Gasteiger partial charge in [0.25, 0.3) is 10.0 Å². The molecular weight excluding hydrogens is 350 g/mol. The number of sulfonamides is 1. The number of rotatable bonds is 7. The third kappa shape index (κ3) is 5.08. The summed E-state index contributed by atoms with van der Waals surface area (Å²) in [6.45, 7) is 5.89. The van der Waals surface area contributed by atoms with Crippen LogP contribution in [0.25, 0.3) is 0 Å². The van der Waals surface area contributed by atoms with Gasteiger partial charge in [-0.05, 0) is 48.6 Å². The number of methoxy groups -OCH3 is 1. The maximum absolute atomic E-state index is 12.4. The molecule has 0 spiro atoms. The molecule has 26 heavy (non-hydrogen) atoms. The lowest BCUT2D eigenvalue weighted by Crippen LogP contribution is -2.32. The monoisotopic (exact) mass is 375 g/mol. The van der Waals surface area contributed by atoms with Crippen LogP contribution in [-0.4, -0.2) is 21.4 Å². The highest BCUT2D eigenvalue weighted by atomic mass is 32.2. The molecule has 0 saturated carbocycles. The van der Waals surface area contributed by atoms with E-state index in [-0.39, 0.29) is 23.2 Å². The van der Waals surface area contributed by atoms with Crippen LogP contribution in [0.15, 0.2) is 53.4 Å². The molecule has 0 saturated heterocycles. The van der Waals surface area contributed by atoms with Gasteiger partial charge < -0.3 is 4.74 Å². The van der Waals surface area contributed by atoms with Gasteiger partial charge in [0.2, 0.25) is 5.91 Å². The Labute approximate surface area is 155 Å². The minimum atomic E-state index is -3.86. The van der Waals surface area contributed by atoms with Crippen molar-refractivity contribution in [1.29, 1.82) is 0 Å². The standard InChI is InChI=1S/C20H25NO4S/c1-14(2)19(16-7-9-17(25-4)10-8-16)13-20(22)21-26(23,24)18-11-5-15(3)6-12-18/h5-12,14,19H,13H2,1-4H3,(H,21,22)/t19-/m0/s1. The summed E-state index contributed by atoms with van der Waals surface area (Å²) in [7, 11) is -2.26. The molecule has 0 aliphatic carbocycles. The van der Waals surface area contributed by atoms with E-state index in [4.69, 9.17) is 4.74 Å². The molecule has 2 aromatic carbocycles. The molecule has 0 aliphatic heterocycles. The third-order valence-electron chi connectivity index (χ3n) is 4.33. The summed E-state index contributed by atoms with van der Waals surface area (Å²) in [6, 6.07) is 13.9. The fourth-order valence-electron chi connectivity index (χ4n) is 2.76. The van der Waals surface area contributed by atoms with E-state index in [9.17, 15) is 13.2 Å². The van der Waals surface area contributed by atoms with Crippen LogP contribution in [0.2, 0.25) is 0 Å². The zero-order chi connectivity index (χ0) is 19.3. The van der Waals surface area contributed by atoms with Gasteiger partial charge in [0.15, 0.2) is 0 Å². The zero-order valence-corrected chi connectivity index (χ0v) is 16.3. The van der Waals surface area contributed by atoms with Crippen molar-refractivity contribution in [3.63, 3.8) is 0 Å². The molecule has 0 radical (unpaired) electrons. The molecule has 0 fully saturated rings. The van der Waals surface area contributed by atoms with E-state index in [1.807, 2.05) is 45.0 Å². The molecule has 1 amide bonds. The van der Waals surface area contributed by atoms with Crippen LogP contribution in [0, 0.1) is 12.8 Å². The van der Waals surface area contributed by atoms with Gasteiger partial charge >= 0.3 is 0 Å². The Kier molecular flexibility index (Phi) is 6.42. The van der Waals surface area contributed by atoms with Gasteiger partial charge in [0.05, 0.1) is 12.0 Å². The van der Waals surface area contributed by atoms with E-state index < -0.39 is 15.9 Å². The van der Waals surface area contributed by atoms with Crippen LogP contribution in [0.1, 0.15) is 37.3 Å². The lowest BCUT2D eigenvalue weighted by atomic mass is 9.85. The molecule has 0 unspecified atom stereocenters. The van der Waals surface area contributed by atoms with Crippen molar-refractivity contribution in [3.05, 3.63) is 59.7 Å². The van der Waals surface area contributed by atoms with E-state index in [2.05, 4.69) is 4.72 Å². The second-order valence-corrected chi connectivity index (χ2v) is 8.35. The largest absolute Gasteiger partial charge is 0.497 e. The highest BCUT2D eigenvalue weighted by Crippen LogP contribution is 2.29. The molecule has 6 heteroatoms. The molecule has 0 bridgehead atoms. The Balaban J connectivity index is 2.13. The molecule has 5 nitrogen and oxygen atoms in total. The van der Waals surface area contributed by atoms with E-state index in [0.717, 1.165) is 16.9 Å². The summed E-state index contributed by atoms with van der Waals surface area (Å²) in [5.41, 5.74) is 1.93. The van der Waals surface area contributed by atoms with Crippen molar-refractivity contribution in [1.82, 2.24) is 4.72 Å². The van der Waals surface area contributed by atoms with E-state index in [1.54, 1.807) is 19.2 Å². The lowest BCUT2D eigenvalue weighted by Gasteiger charge is -2.21. The van der Waals surface area contributed by atoms with Crippen molar-refractivity contribution >= 4 is 15.9 Å². The summed E-state index contributed by atoms with van der Waals surface area (Å²) in [6.07, 6.45) is 0.0923. The molecule has 0 aliphatic rings. The maximum Gasteiger partial charge on any atom is 0.264 e. The first-order chi connectivity index (χ1) is 12.2. The Morgan fingerprint density at radius 1 is 1.04 bits per heavy atom. The van der Waals surface area contributed by atoms with Crippen LogP contribution >= 0.6 is 0 Å². The number of ether oxygens (including phenoxy) is 1. The van der Waals surface area contributed by atoms with Crippen LogP contribution < -0.4 is 9.46 Å². The second-order valence-electron chi connectivity index (χ2n) is 6.67. The first-order valence-corrected chi connectivity index (χ1v) is 9.97. The smallest absolute Gasteiger partial charge is 0.264 e. The molecule has 0 aromatic heterocycles. The quantitative estimate of drug-likeness (QED) is 0.802. The summed E-state index contributed by atoms with van der Waals surface area (Å²) >= 11 is 0. The highest BCUT2D eigenvalue weighted by molar-refractivity contribution is 7.90. The van der Waals surface area contributed by atoms with Crippen molar-refractivity contribution in [3.8, 4) is 5.75 Å². The Morgan fingerprint density at radius 2 is 1.62 bits per heavy atom. The zero-order valence-electron chi connectivity index (χ0n) is 15.5. The Hall–Kier alpha value is -2.34. The number of carbonyl (C=O) groups is 1. The summed E-state index contributed by atoms with van der Waals surface area (Å²) in [5, 5.41) is 0. The van der Waals surface area contributed by atoms with Crippen LogP contribution in [-0.2, 0) is 14.8 Å². The Morgan fingerprint density at radius 3 is 2.12 bits per heavy atom. The predicted octanol–water partition coefficient (Wildman–Crippen LogP) is 3.64. The number of hydrogen-bond donors (Lipinski definition) is 1. The molecule has 2 rings (SSSR count). The second kappa shape index (κ2) is 8.36. The van der Waals surface area contributed by atoms with E-state index in [0.29, 0.717) is 0 Å². The lowest BCUT2D eigenvalue weighted by molar-refractivity contribution is -0.119. The van der Waals surface area contributed by atoms with Gasteiger partial charge in [-0.1, -0.05) is 43.7 Å². The summed E-state index contributed by atoms with van der Waals surface area (Å²) in [5.74, 6) is 0.313. The highest BCUT2D eigenvalue weighted by Gasteiger charge is 2.23. The van der Waals surface area contributed by atoms with Crippen LogP contribution in [0.4, 0.5) is 0 Å². The average Bonchev–Trinajstić information content (AvgIpc) is 2.59. The van der Waals surface area contributed by atoms with Gasteiger partial charge in [-0.2, -0.15) is 0 Å². The summed E-state index contributed by atoms with van der Waals surface area (Å²) in [4.78, 5) is 12.5. The number of nitrogens with one attached hydrogen (secondary N) is 1. The van der Waals surface area contributed by atoms with Crippen LogP contribution in [0.5, 0.6) is 5.75 Å². The first kappa shape index (κ1) is 20.0. The third-order valence-corrected chi connectivity index (χ3v) is 5.72. The van der Waals surface area contributed by atoms with E-state index in [1.165, 1.54) is 12.1 Å². The number of benzene rings is 2. The molecule has 1 atom stereocenters. The first-order valence-electron chi connectivity index (χ1n) is 8.49. The number of amides is 1. The number of hydrogen-bond acceptors (Lipinski definition) is 4. The topological polar surface area (TPSA) is 72.5 Å². The fraction of sp³-hybridized carbons (Fsp3) is 0.350. The normalized spacial score (nSPS) is 12.7. The summed E-state index contributed by atoms with van der Waals surface area (Å²) < 4.78 is 32.1. The molecular formula is C20H25NO4S. The van der Waals surface area contributed by atoms with Crippen LogP contribution in [0.3, 0.4) is 0 Å². The molecule has 2 aromatic rings. The number of aryl methyl sites for hydroxylation is 1. The van der Waals surface area contributed by atoms with Crippen molar-refractivity contribution in [2.45, 2.75) is 38.0 Å². The van der Waals surface area contributed by atoms with Crippen molar-refractivity contribution in [2.24, 2.45) is 5.92 Å². The molecule has 1 N–H and O–H groups in total. The SMILES string of the molecule is COc1ccc([C@@H](CC(=O)NS(=O)(=O)c2ccc(C)cc2)C(C)C)cc1. The average molecular weight is 375 g/mol. The predicted molar refractivity (Wildman–Crippen MR) is 102 cm³/mol. The number of carbonyl (C=O) groups excluding carboxylic acids is 1. The minimum absolute atomic E-state index is 0.0852. The van der Waals surface area contributed by atoms with Crippen molar-refractivity contribution in [2.75, 3.05) is 7.11 Å².